The summed E-state index contributed by atoms with van der Waals surface area (Å²) in [6, 6.07) is 3.03. The zero-order chi connectivity index (χ0) is 9.26. The van der Waals surface area contributed by atoms with Crippen LogP contribution < -0.4 is 0 Å². The van der Waals surface area contributed by atoms with Crippen molar-refractivity contribution in [3.63, 3.8) is 0 Å². The van der Waals surface area contributed by atoms with Crippen LogP contribution in [0.25, 0.3) is 0 Å². The van der Waals surface area contributed by atoms with Gasteiger partial charge in [-0.05, 0) is 24.7 Å². The number of nitrogens with zero attached hydrogens (tertiary/aromatic N) is 2. The third-order valence-electron chi connectivity index (χ3n) is 3.78. The van der Waals surface area contributed by atoms with Gasteiger partial charge in [-0.1, -0.05) is 19.8 Å². The number of likely N-dealkylation sites (tertiary alicyclic amines) is 1. The molecular formula is C11H18N2. The van der Waals surface area contributed by atoms with E-state index in [1.807, 2.05) is 0 Å². The molecule has 2 fully saturated rings. The van der Waals surface area contributed by atoms with Gasteiger partial charge in [0.25, 0.3) is 0 Å². The molecule has 2 nitrogen and oxygen atoms in total. The Hall–Kier alpha value is -0.550. The smallest absolute Gasteiger partial charge is 0.0868 e. The third kappa shape index (κ3) is 1.58. The van der Waals surface area contributed by atoms with Crippen LogP contribution in [0.3, 0.4) is 0 Å². The van der Waals surface area contributed by atoms with E-state index in [-0.39, 0.29) is 0 Å². The van der Waals surface area contributed by atoms with Crippen LogP contribution in [-0.2, 0) is 0 Å². The quantitative estimate of drug-likeness (QED) is 0.574. The Kier molecular flexibility index (Phi) is 2.55. The van der Waals surface area contributed by atoms with Crippen molar-refractivity contribution in [1.29, 1.82) is 5.26 Å². The van der Waals surface area contributed by atoms with Gasteiger partial charge in [-0.15, -0.1) is 0 Å². The Morgan fingerprint density at radius 1 is 1.38 bits per heavy atom. The standard InChI is InChI=1S/C11H18N2/c1-9-8-13(7-6-12)11-5-3-2-4-10(9)11/h9-11H,2-5,7-8H2,1H3. The second kappa shape index (κ2) is 3.67. The SMILES string of the molecule is CC1CN(CC#N)C2CCCCC12. The molecule has 0 aromatic heterocycles. The summed E-state index contributed by atoms with van der Waals surface area (Å²) in [6.07, 6.45) is 5.51. The predicted molar refractivity (Wildman–Crippen MR) is 52.1 cm³/mol. The third-order valence-corrected chi connectivity index (χ3v) is 3.78. The van der Waals surface area contributed by atoms with Crippen LogP contribution in [0.15, 0.2) is 0 Å². The van der Waals surface area contributed by atoms with Crippen molar-refractivity contribution in [2.45, 2.75) is 38.6 Å². The van der Waals surface area contributed by atoms with Gasteiger partial charge >= 0.3 is 0 Å². The minimum absolute atomic E-state index is 0.644. The Morgan fingerprint density at radius 2 is 2.15 bits per heavy atom. The van der Waals surface area contributed by atoms with Gasteiger partial charge < -0.3 is 0 Å². The summed E-state index contributed by atoms with van der Waals surface area (Å²) in [7, 11) is 0. The molecule has 0 N–H and O–H groups in total. The molecule has 0 aromatic carbocycles. The fourth-order valence-electron chi connectivity index (χ4n) is 3.17. The van der Waals surface area contributed by atoms with Gasteiger partial charge in [0.05, 0.1) is 12.6 Å². The number of hydrogen-bond acceptors (Lipinski definition) is 2. The Morgan fingerprint density at radius 3 is 2.92 bits per heavy atom. The second-order valence-electron chi connectivity index (χ2n) is 4.58. The second-order valence-corrected chi connectivity index (χ2v) is 4.58. The fourth-order valence-corrected chi connectivity index (χ4v) is 3.17. The van der Waals surface area contributed by atoms with E-state index in [0.29, 0.717) is 6.54 Å². The number of hydrogen-bond donors (Lipinski definition) is 0. The molecule has 1 aliphatic heterocycles. The maximum absolute atomic E-state index is 8.71. The molecular weight excluding hydrogens is 160 g/mol. The van der Waals surface area contributed by atoms with Crippen molar-refractivity contribution < 1.29 is 0 Å². The van der Waals surface area contributed by atoms with Crippen LogP contribution in [-0.4, -0.2) is 24.0 Å². The first-order chi connectivity index (χ1) is 6.33. The first kappa shape index (κ1) is 9.02. The van der Waals surface area contributed by atoms with Crippen LogP contribution in [0.4, 0.5) is 0 Å². The highest BCUT2D eigenvalue weighted by molar-refractivity contribution is 4.96. The maximum atomic E-state index is 8.71. The lowest BCUT2D eigenvalue weighted by molar-refractivity contribution is 0.195. The van der Waals surface area contributed by atoms with Crippen molar-refractivity contribution in [2.24, 2.45) is 11.8 Å². The summed E-state index contributed by atoms with van der Waals surface area (Å²) < 4.78 is 0. The molecule has 1 aliphatic carbocycles. The van der Waals surface area contributed by atoms with E-state index < -0.39 is 0 Å². The number of rotatable bonds is 1. The lowest BCUT2D eigenvalue weighted by atomic mass is 9.80. The van der Waals surface area contributed by atoms with Crippen molar-refractivity contribution >= 4 is 0 Å². The number of nitriles is 1. The van der Waals surface area contributed by atoms with Gasteiger partial charge in [0.2, 0.25) is 0 Å². The van der Waals surface area contributed by atoms with Gasteiger partial charge in [0, 0.05) is 12.6 Å². The van der Waals surface area contributed by atoms with Crippen LogP contribution in [0, 0.1) is 23.2 Å². The van der Waals surface area contributed by atoms with Gasteiger partial charge in [0.15, 0.2) is 0 Å². The summed E-state index contributed by atoms with van der Waals surface area (Å²) in [5.41, 5.74) is 0. The molecule has 2 aliphatic rings. The van der Waals surface area contributed by atoms with E-state index in [1.54, 1.807) is 0 Å². The molecule has 2 rings (SSSR count). The molecule has 3 unspecified atom stereocenters. The topological polar surface area (TPSA) is 27.0 Å². The monoisotopic (exact) mass is 178 g/mol. The van der Waals surface area contributed by atoms with Crippen molar-refractivity contribution in [3.05, 3.63) is 0 Å². The largest absolute Gasteiger partial charge is 0.287 e. The average Bonchev–Trinajstić information content (AvgIpc) is 2.46. The highest BCUT2D eigenvalue weighted by Crippen LogP contribution is 2.39. The van der Waals surface area contributed by atoms with E-state index in [1.165, 1.54) is 25.7 Å². The van der Waals surface area contributed by atoms with Crippen molar-refractivity contribution in [2.75, 3.05) is 13.1 Å². The molecule has 0 aromatic rings. The first-order valence-electron chi connectivity index (χ1n) is 5.44. The Labute approximate surface area is 80.5 Å². The first-order valence-corrected chi connectivity index (χ1v) is 5.44. The average molecular weight is 178 g/mol. The summed E-state index contributed by atoms with van der Waals surface area (Å²) in [5.74, 6) is 1.71. The van der Waals surface area contributed by atoms with Gasteiger partial charge in [-0.25, -0.2) is 0 Å². The highest BCUT2D eigenvalue weighted by atomic mass is 15.2. The lowest BCUT2D eigenvalue weighted by Gasteiger charge is -2.30. The Balaban J connectivity index is 2.04. The van der Waals surface area contributed by atoms with Crippen LogP contribution in [0.2, 0.25) is 0 Å². The minimum atomic E-state index is 0.644. The highest BCUT2D eigenvalue weighted by Gasteiger charge is 2.39. The minimum Gasteiger partial charge on any atom is -0.287 e. The molecule has 1 heterocycles. The van der Waals surface area contributed by atoms with E-state index in [0.717, 1.165) is 24.4 Å². The molecule has 0 radical (unpaired) electrons. The van der Waals surface area contributed by atoms with E-state index in [9.17, 15) is 0 Å². The normalized spacial score (nSPS) is 39.8. The maximum Gasteiger partial charge on any atom is 0.0868 e. The zero-order valence-corrected chi connectivity index (χ0v) is 8.37. The van der Waals surface area contributed by atoms with E-state index in [4.69, 9.17) is 5.26 Å². The summed E-state index contributed by atoms with van der Waals surface area (Å²) in [5, 5.41) is 8.71. The molecule has 0 amide bonds. The fraction of sp³-hybridized carbons (Fsp3) is 0.909. The molecule has 1 saturated carbocycles. The molecule has 2 heteroatoms. The van der Waals surface area contributed by atoms with Gasteiger partial charge in [-0.2, -0.15) is 5.26 Å². The summed E-state index contributed by atoms with van der Waals surface area (Å²) in [4.78, 5) is 2.40. The van der Waals surface area contributed by atoms with Crippen LogP contribution >= 0.6 is 0 Å². The van der Waals surface area contributed by atoms with Crippen molar-refractivity contribution in [3.8, 4) is 6.07 Å². The predicted octanol–water partition coefficient (Wildman–Crippen LogP) is 2.02. The number of fused-ring (bicyclic) bond motifs is 1. The van der Waals surface area contributed by atoms with Gasteiger partial charge in [-0.3, -0.25) is 4.90 Å². The molecule has 1 saturated heterocycles. The van der Waals surface area contributed by atoms with Crippen LogP contribution in [0.1, 0.15) is 32.6 Å². The molecule has 0 spiro atoms. The molecule has 13 heavy (non-hydrogen) atoms. The van der Waals surface area contributed by atoms with E-state index >= 15 is 0 Å². The summed E-state index contributed by atoms with van der Waals surface area (Å²) in [6.45, 7) is 4.15. The van der Waals surface area contributed by atoms with Crippen LogP contribution in [0.5, 0.6) is 0 Å². The lowest BCUT2D eigenvalue weighted by Crippen LogP contribution is -2.34. The molecule has 3 atom stereocenters. The Bertz CT molecular complexity index is 219. The summed E-state index contributed by atoms with van der Waals surface area (Å²) >= 11 is 0. The molecule has 72 valence electrons. The zero-order valence-electron chi connectivity index (χ0n) is 8.37. The van der Waals surface area contributed by atoms with Gasteiger partial charge in [0.1, 0.15) is 0 Å². The molecule has 0 bridgehead atoms. The van der Waals surface area contributed by atoms with E-state index in [2.05, 4.69) is 17.9 Å². The van der Waals surface area contributed by atoms with Crippen molar-refractivity contribution in [1.82, 2.24) is 4.90 Å².